The molecule has 1 aromatic rings. The maximum atomic E-state index is 12.3. The smallest absolute Gasteiger partial charge is 0.238 e. The number of nitrogens with zero attached hydrogens (tertiary/aromatic N) is 1. The van der Waals surface area contributed by atoms with Gasteiger partial charge in [-0.3, -0.25) is 9.59 Å². The van der Waals surface area contributed by atoms with Crippen LogP contribution in [0.15, 0.2) is 18.2 Å². The van der Waals surface area contributed by atoms with E-state index in [9.17, 15) is 9.59 Å². The molecule has 0 N–H and O–H groups in total. The Morgan fingerprint density at radius 2 is 1.77 bits per heavy atom. The van der Waals surface area contributed by atoms with E-state index in [1.54, 1.807) is 0 Å². The van der Waals surface area contributed by atoms with E-state index in [2.05, 4.69) is 6.92 Å². The van der Waals surface area contributed by atoms with Crippen molar-refractivity contribution in [3.63, 3.8) is 0 Å². The topological polar surface area (TPSA) is 37.4 Å². The minimum atomic E-state index is -0.0754. The van der Waals surface area contributed by atoms with Crippen LogP contribution in [0.3, 0.4) is 0 Å². The van der Waals surface area contributed by atoms with E-state index < -0.39 is 0 Å². The molecule has 0 saturated heterocycles. The van der Waals surface area contributed by atoms with Gasteiger partial charge in [-0.05, 0) is 25.0 Å². The fourth-order valence-corrected chi connectivity index (χ4v) is 3.07. The molecule has 1 aromatic carbocycles. The summed E-state index contributed by atoms with van der Waals surface area (Å²) in [5.74, 6) is -0.116. The number of imide groups is 1. The first-order valence-corrected chi connectivity index (χ1v) is 8.58. The summed E-state index contributed by atoms with van der Waals surface area (Å²) in [4.78, 5) is 25.8. The van der Waals surface area contributed by atoms with Gasteiger partial charge in [0.2, 0.25) is 11.8 Å². The Kier molecular flexibility index (Phi) is 6.17. The van der Waals surface area contributed by atoms with Crippen molar-refractivity contribution in [2.75, 3.05) is 4.90 Å². The lowest BCUT2D eigenvalue weighted by Crippen LogP contribution is -2.33. The van der Waals surface area contributed by atoms with E-state index >= 15 is 0 Å². The number of benzene rings is 1. The third-order valence-electron chi connectivity index (χ3n) is 4.31. The lowest BCUT2D eigenvalue weighted by atomic mass is 10.1. The van der Waals surface area contributed by atoms with Crippen molar-refractivity contribution >= 4 is 17.5 Å². The highest BCUT2D eigenvalue weighted by Gasteiger charge is 2.31. The molecule has 0 fully saturated rings. The first-order valence-electron chi connectivity index (χ1n) is 8.58. The summed E-state index contributed by atoms with van der Waals surface area (Å²) >= 11 is 0. The van der Waals surface area contributed by atoms with Crippen LogP contribution in [0.1, 0.15) is 69.4 Å². The Labute approximate surface area is 133 Å². The Balaban J connectivity index is 1.80. The predicted molar refractivity (Wildman–Crippen MR) is 90.0 cm³/mol. The van der Waals surface area contributed by atoms with Crippen LogP contribution in [0.5, 0.6) is 0 Å². The van der Waals surface area contributed by atoms with Crippen LogP contribution in [0.2, 0.25) is 0 Å². The van der Waals surface area contributed by atoms with E-state index in [4.69, 9.17) is 0 Å². The maximum Gasteiger partial charge on any atom is 0.238 e. The van der Waals surface area contributed by atoms with Crippen LogP contribution in [0.4, 0.5) is 5.69 Å². The summed E-state index contributed by atoms with van der Waals surface area (Å²) in [7, 11) is 0. The number of carbonyl (C=O) groups excluding carboxylic acids is 2. The molecule has 1 aliphatic rings. The highest BCUT2D eigenvalue weighted by molar-refractivity contribution is 6.19. The first-order chi connectivity index (χ1) is 10.6. The summed E-state index contributed by atoms with van der Waals surface area (Å²) in [5.41, 5.74) is 2.91. The Morgan fingerprint density at radius 1 is 1.09 bits per heavy atom. The van der Waals surface area contributed by atoms with Gasteiger partial charge < -0.3 is 0 Å². The molecule has 0 saturated carbocycles. The quantitative estimate of drug-likeness (QED) is 0.660. The number of anilines is 1. The number of aryl methyl sites for hydroxylation is 1. The lowest BCUT2D eigenvalue weighted by Gasteiger charge is -2.15. The van der Waals surface area contributed by atoms with Crippen LogP contribution >= 0.6 is 0 Å². The maximum absolute atomic E-state index is 12.3. The third-order valence-corrected chi connectivity index (χ3v) is 4.31. The number of amides is 2. The molecule has 0 unspecified atom stereocenters. The monoisotopic (exact) mass is 301 g/mol. The van der Waals surface area contributed by atoms with E-state index in [0.29, 0.717) is 12.8 Å². The fraction of sp³-hybridized carbons (Fsp3) is 0.579. The van der Waals surface area contributed by atoms with Gasteiger partial charge in [0.25, 0.3) is 0 Å². The molecule has 1 heterocycles. The first kappa shape index (κ1) is 16.7. The summed E-state index contributed by atoms with van der Waals surface area (Å²) in [5, 5.41) is 0. The molecule has 0 bridgehead atoms. The zero-order valence-electron chi connectivity index (χ0n) is 13.9. The zero-order valence-corrected chi connectivity index (χ0v) is 13.9. The Morgan fingerprint density at radius 3 is 2.50 bits per heavy atom. The fourth-order valence-electron chi connectivity index (χ4n) is 3.07. The molecule has 0 atom stereocenters. The van der Waals surface area contributed by atoms with Gasteiger partial charge in [-0.1, -0.05) is 63.1 Å². The normalized spacial score (nSPS) is 13.5. The molecule has 2 amide bonds. The van der Waals surface area contributed by atoms with E-state index in [-0.39, 0.29) is 11.8 Å². The van der Waals surface area contributed by atoms with Crippen molar-refractivity contribution in [1.82, 2.24) is 0 Å². The second-order valence-electron chi connectivity index (χ2n) is 6.30. The molecule has 22 heavy (non-hydrogen) atoms. The van der Waals surface area contributed by atoms with Gasteiger partial charge in [0, 0.05) is 6.42 Å². The molecule has 0 aliphatic carbocycles. The minimum Gasteiger partial charge on any atom is -0.274 e. The molecule has 2 rings (SSSR count). The molecule has 3 nitrogen and oxygen atoms in total. The standard InChI is InChI=1S/C19H27NO2/c1-3-4-5-6-7-8-9-10-18(21)20-17-12-11-15(2)13-16(17)14-19(20)22/h11-13H,3-10,14H2,1-2H3. The summed E-state index contributed by atoms with van der Waals surface area (Å²) in [6.45, 7) is 4.22. The molecule has 0 aromatic heterocycles. The summed E-state index contributed by atoms with van der Waals surface area (Å²) in [6.07, 6.45) is 9.11. The van der Waals surface area contributed by atoms with Gasteiger partial charge in [-0.25, -0.2) is 4.90 Å². The molecule has 3 heteroatoms. The van der Waals surface area contributed by atoms with Crippen molar-refractivity contribution in [1.29, 1.82) is 0 Å². The number of carbonyl (C=O) groups is 2. The molecule has 1 aliphatic heterocycles. The molecular formula is C19H27NO2. The van der Waals surface area contributed by atoms with E-state index in [1.165, 1.54) is 37.0 Å². The average Bonchev–Trinajstić information content (AvgIpc) is 2.81. The van der Waals surface area contributed by atoms with Gasteiger partial charge >= 0.3 is 0 Å². The number of hydrogen-bond acceptors (Lipinski definition) is 2. The second kappa shape index (κ2) is 8.11. The van der Waals surface area contributed by atoms with Gasteiger partial charge in [0.1, 0.15) is 0 Å². The van der Waals surface area contributed by atoms with Gasteiger partial charge in [0.15, 0.2) is 0 Å². The number of rotatable bonds is 8. The van der Waals surface area contributed by atoms with Crippen LogP contribution in [-0.4, -0.2) is 11.8 Å². The molecule has 0 radical (unpaired) electrons. The van der Waals surface area contributed by atoms with Crippen molar-refractivity contribution in [3.05, 3.63) is 29.3 Å². The van der Waals surface area contributed by atoms with Gasteiger partial charge in [-0.15, -0.1) is 0 Å². The largest absolute Gasteiger partial charge is 0.274 e. The zero-order chi connectivity index (χ0) is 15.9. The number of unbranched alkanes of at least 4 members (excludes halogenated alkanes) is 6. The van der Waals surface area contributed by atoms with Crippen molar-refractivity contribution < 1.29 is 9.59 Å². The predicted octanol–water partition coefficient (Wildman–Crippen LogP) is 4.55. The average molecular weight is 301 g/mol. The van der Waals surface area contributed by atoms with Gasteiger partial charge in [-0.2, -0.15) is 0 Å². The number of hydrogen-bond donors (Lipinski definition) is 0. The highest BCUT2D eigenvalue weighted by Crippen LogP contribution is 2.30. The summed E-state index contributed by atoms with van der Waals surface area (Å²) in [6, 6.07) is 5.87. The Bertz CT molecular complexity index is 536. The molecular weight excluding hydrogens is 274 g/mol. The van der Waals surface area contributed by atoms with E-state index in [0.717, 1.165) is 29.7 Å². The lowest BCUT2D eigenvalue weighted by molar-refractivity contribution is -0.125. The Hall–Kier alpha value is -1.64. The number of fused-ring (bicyclic) bond motifs is 1. The minimum absolute atomic E-state index is 0.0406. The van der Waals surface area contributed by atoms with Crippen LogP contribution in [-0.2, 0) is 16.0 Å². The van der Waals surface area contributed by atoms with Crippen molar-refractivity contribution in [2.24, 2.45) is 0 Å². The summed E-state index contributed by atoms with van der Waals surface area (Å²) < 4.78 is 0. The van der Waals surface area contributed by atoms with Crippen LogP contribution in [0, 0.1) is 6.92 Å². The van der Waals surface area contributed by atoms with Crippen LogP contribution in [0.25, 0.3) is 0 Å². The third kappa shape index (κ3) is 4.19. The van der Waals surface area contributed by atoms with Crippen LogP contribution < -0.4 is 4.90 Å². The second-order valence-corrected chi connectivity index (χ2v) is 6.30. The van der Waals surface area contributed by atoms with Crippen molar-refractivity contribution in [2.45, 2.75) is 71.6 Å². The van der Waals surface area contributed by atoms with Gasteiger partial charge in [0.05, 0.1) is 12.1 Å². The molecule has 120 valence electrons. The van der Waals surface area contributed by atoms with Crippen molar-refractivity contribution in [3.8, 4) is 0 Å². The highest BCUT2D eigenvalue weighted by atomic mass is 16.2. The van der Waals surface area contributed by atoms with E-state index in [1.807, 2.05) is 25.1 Å². The molecule has 0 spiro atoms. The SMILES string of the molecule is CCCCCCCCCC(=O)N1C(=O)Cc2cc(C)ccc21.